The van der Waals surface area contributed by atoms with Crippen LogP contribution >= 0.6 is 0 Å². The van der Waals surface area contributed by atoms with Gasteiger partial charge in [-0.25, -0.2) is 4.79 Å². The van der Waals surface area contributed by atoms with E-state index in [1.54, 1.807) is 0 Å². The molecule has 0 aliphatic heterocycles. The summed E-state index contributed by atoms with van der Waals surface area (Å²) in [6.07, 6.45) is 1.40. The standard InChI is InChI=1S/C5H7N3O3/c9-3-6-8-2-1-4(7-8)5(10)11/h1-2,6,9H,3H2,(H,10,11). The second kappa shape index (κ2) is 3.02. The highest BCUT2D eigenvalue weighted by Gasteiger charge is 2.04. The number of rotatable bonds is 3. The third kappa shape index (κ3) is 1.68. The molecule has 3 N–H and O–H groups in total. The molecule has 1 aromatic heterocycles. The maximum absolute atomic E-state index is 10.3. The molecule has 1 rings (SSSR count). The van der Waals surface area contributed by atoms with Crippen LogP contribution in [0.15, 0.2) is 12.3 Å². The number of nitrogens with one attached hydrogen (secondary N) is 1. The largest absolute Gasteiger partial charge is 0.476 e. The maximum Gasteiger partial charge on any atom is 0.356 e. The van der Waals surface area contributed by atoms with Gasteiger partial charge in [0.15, 0.2) is 5.69 Å². The Bertz CT molecular complexity index is 257. The highest BCUT2D eigenvalue weighted by atomic mass is 16.4. The smallest absolute Gasteiger partial charge is 0.356 e. The molecule has 0 fully saturated rings. The Balaban J connectivity index is 2.73. The van der Waals surface area contributed by atoms with Crippen molar-refractivity contribution in [1.29, 1.82) is 0 Å². The molecule has 6 heteroatoms. The van der Waals surface area contributed by atoms with Gasteiger partial charge in [0.05, 0.1) is 0 Å². The number of hydrogen-bond acceptors (Lipinski definition) is 4. The number of aromatic nitrogens is 2. The highest BCUT2D eigenvalue weighted by Crippen LogP contribution is 1.92. The molecule has 1 heterocycles. The van der Waals surface area contributed by atoms with Crippen molar-refractivity contribution in [3.8, 4) is 0 Å². The van der Waals surface area contributed by atoms with E-state index < -0.39 is 5.97 Å². The third-order valence-corrected chi connectivity index (χ3v) is 1.04. The lowest BCUT2D eigenvalue weighted by molar-refractivity contribution is 0.0689. The van der Waals surface area contributed by atoms with E-state index >= 15 is 0 Å². The van der Waals surface area contributed by atoms with Crippen LogP contribution in [0.25, 0.3) is 0 Å². The molecule has 0 saturated heterocycles. The topological polar surface area (TPSA) is 87.4 Å². The van der Waals surface area contributed by atoms with Gasteiger partial charge in [-0.2, -0.15) is 4.79 Å². The minimum atomic E-state index is -1.09. The Kier molecular flexibility index (Phi) is 2.07. The molecule has 0 spiro atoms. The van der Waals surface area contributed by atoms with Crippen LogP contribution in [0.2, 0.25) is 0 Å². The van der Waals surface area contributed by atoms with E-state index in [4.69, 9.17) is 10.2 Å². The summed E-state index contributed by atoms with van der Waals surface area (Å²) in [6.45, 7) is -0.291. The minimum absolute atomic E-state index is 0.0639. The minimum Gasteiger partial charge on any atom is -0.476 e. The number of carboxylic acids is 1. The first-order valence-electron chi connectivity index (χ1n) is 2.87. The van der Waals surface area contributed by atoms with Crippen LogP contribution < -0.4 is 5.43 Å². The van der Waals surface area contributed by atoms with Crippen LogP contribution in [0.3, 0.4) is 0 Å². The van der Waals surface area contributed by atoms with E-state index in [1.165, 1.54) is 12.3 Å². The van der Waals surface area contributed by atoms with Crippen molar-refractivity contribution in [3.63, 3.8) is 0 Å². The lowest BCUT2D eigenvalue weighted by Gasteiger charge is -1.98. The zero-order chi connectivity index (χ0) is 8.27. The molecule has 0 amide bonds. The fraction of sp³-hybridized carbons (Fsp3) is 0.200. The van der Waals surface area contributed by atoms with Crippen molar-refractivity contribution in [3.05, 3.63) is 18.0 Å². The molecule has 0 atom stereocenters. The van der Waals surface area contributed by atoms with Gasteiger partial charge in [-0.15, -0.1) is 5.10 Å². The number of hydrogen-bond donors (Lipinski definition) is 3. The van der Waals surface area contributed by atoms with Gasteiger partial charge in [0, 0.05) is 6.20 Å². The Hall–Kier alpha value is -1.56. The van der Waals surface area contributed by atoms with Crippen molar-refractivity contribution < 1.29 is 15.0 Å². The zero-order valence-electron chi connectivity index (χ0n) is 5.56. The number of nitrogens with zero attached hydrogens (tertiary/aromatic N) is 2. The van der Waals surface area contributed by atoms with Gasteiger partial charge < -0.3 is 10.2 Å². The van der Waals surface area contributed by atoms with Crippen LogP contribution in [0, 0.1) is 0 Å². The Morgan fingerprint density at radius 3 is 3.00 bits per heavy atom. The van der Waals surface area contributed by atoms with Crippen LogP contribution in [-0.4, -0.2) is 32.8 Å². The molecule has 0 aliphatic rings. The quantitative estimate of drug-likeness (QED) is 0.493. The van der Waals surface area contributed by atoms with Gasteiger partial charge in [0.1, 0.15) is 6.73 Å². The Morgan fingerprint density at radius 1 is 1.82 bits per heavy atom. The summed E-state index contributed by atoms with van der Waals surface area (Å²) >= 11 is 0. The summed E-state index contributed by atoms with van der Waals surface area (Å²) in [4.78, 5) is 11.4. The fourth-order valence-electron chi connectivity index (χ4n) is 0.599. The van der Waals surface area contributed by atoms with E-state index in [0.29, 0.717) is 0 Å². The van der Waals surface area contributed by atoms with Gasteiger partial charge in [-0.05, 0) is 6.07 Å². The first-order valence-corrected chi connectivity index (χ1v) is 2.87. The van der Waals surface area contributed by atoms with Gasteiger partial charge in [0.25, 0.3) is 0 Å². The van der Waals surface area contributed by atoms with Crippen LogP contribution in [0.5, 0.6) is 0 Å². The summed E-state index contributed by atoms with van der Waals surface area (Å²) in [6, 6.07) is 1.32. The number of carbonyl (C=O) groups is 1. The zero-order valence-corrected chi connectivity index (χ0v) is 5.56. The van der Waals surface area contributed by atoms with Crippen LogP contribution in [0.1, 0.15) is 10.5 Å². The predicted molar refractivity (Wildman–Crippen MR) is 35.6 cm³/mol. The first kappa shape index (κ1) is 7.55. The van der Waals surface area contributed by atoms with E-state index in [2.05, 4.69) is 10.5 Å². The molecule has 11 heavy (non-hydrogen) atoms. The summed E-state index contributed by atoms with van der Waals surface area (Å²) in [5.41, 5.74) is 2.32. The Labute approximate surface area is 62.0 Å². The number of aliphatic hydroxyl groups excluding tert-OH is 1. The van der Waals surface area contributed by atoms with Gasteiger partial charge in [0.2, 0.25) is 0 Å². The van der Waals surface area contributed by atoms with Crippen molar-refractivity contribution in [1.82, 2.24) is 9.89 Å². The van der Waals surface area contributed by atoms with E-state index in [9.17, 15) is 4.79 Å². The first-order chi connectivity index (χ1) is 5.24. The molecular formula is C5H7N3O3. The second-order valence-electron chi connectivity index (χ2n) is 1.77. The van der Waals surface area contributed by atoms with Crippen LogP contribution in [0.4, 0.5) is 0 Å². The van der Waals surface area contributed by atoms with Crippen LogP contribution in [-0.2, 0) is 0 Å². The Morgan fingerprint density at radius 2 is 2.55 bits per heavy atom. The predicted octanol–water partition coefficient (Wildman–Crippen LogP) is -0.925. The summed E-state index contributed by atoms with van der Waals surface area (Å²) in [5, 5.41) is 20.3. The molecule has 0 saturated carbocycles. The maximum atomic E-state index is 10.3. The van der Waals surface area contributed by atoms with Crippen molar-refractivity contribution in [2.75, 3.05) is 12.2 Å². The molecule has 0 radical (unpaired) electrons. The molecule has 60 valence electrons. The lowest BCUT2D eigenvalue weighted by Crippen LogP contribution is -2.16. The molecule has 0 aliphatic carbocycles. The second-order valence-corrected chi connectivity index (χ2v) is 1.77. The number of aromatic carboxylic acids is 1. The average Bonchev–Trinajstić information content (AvgIpc) is 2.37. The fourth-order valence-corrected chi connectivity index (χ4v) is 0.599. The van der Waals surface area contributed by atoms with Crippen molar-refractivity contribution in [2.45, 2.75) is 0 Å². The highest BCUT2D eigenvalue weighted by molar-refractivity contribution is 5.85. The summed E-state index contributed by atoms with van der Waals surface area (Å²) < 4.78 is 0. The molecule has 1 aromatic rings. The van der Waals surface area contributed by atoms with Gasteiger partial charge in [-0.1, -0.05) is 0 Å². The average molecular weight is 157 g/mol. The van der Waals surface area contributed by atoms with E-state index in [0.717, 1.165) is 4.79 Å². The number of aliphatic hydroxyl groups is 1. The molecule has 0 aromatic carbocycles. The van der Waals surface area contributed by atoms with Gasteiger partial charge >= 0.3 is 5.97 Å². The summed E-state index contributed by atoms with van der Waals surface area (Å²) in [7, 11) is 0. The molecule has 0 unspecified atom stereocenters. The third-order valence-electron chi connectivity index (χ3n) is 1.04. The van der Waals surface area contributed by atoms with Crippen molar-refractivity contribution in [2.24, 2.45) is 0 Å². The molecule has 0 bridgehead atoms. The van der Waals surface area contributed by atoms with E-state index in [1.807, 2.05) is 0 Å². The number of carboxylic acid groups (broad SMARTS) is 1. The lowest BCUT2D eigenvalue weighted by atomic mass is 10.5. The SMILES string of the molecule is O=C(O)c1ccn(NCO)n1. The summed E-state index contributed by atoms with van der Waals surface area (Å²) in [5.74, 6) is -1.09. The monoisotopic (exact) mass is 157 g/mol. The molecular weight excluding hydrogens is 150 g/mol. The van der Waals surface area contributed by atoms with Crippen molar-refractivity contribution >= 4 is 5.97 Å². The van der Waals surface area contributed by atoms with E-state index in [-0.39, 0.29) is 12.4 Å². The normalized spacial score (nSPS) is 9.55. The molecule has 6 nitrogen and oxygen atoms in total. The van der Waals surface area contributed by atoms with Gasteiger partial charge in [-0.3, -0.25) is 5.43 Å².